The van der Waals surface area contributed by atoms with Crippen molar-refractivity contribution in [3.8, 4) is 0 Å². The van der Waals surface area contributed by atoms with Crippen LogP contribution in [0.4, 0.5) is 0 Å². The summed E-state index contributed by atoms with van der Waals surface area (Å²) in [5.74, 6) is 1.62. The largest absolute Gasteiger partial charge is 0.390 e. The number of β-amino-alcohol motifs (C(OH)–C–C–N with tert-alkyl or cyclic N) is 1. The van der Waals surface area contributed by atoms with Gasteiger partial charge in [0.05, 0.1) is 19.3 Å². The van der Waals surface area contributed by atoms with E-state index in [9.17, 15) is 5.11 Å². The van der Waals surface area contributed by atoms with Gasteiger partial charge in [0.25, 0.3) is 0 Å². The quantitative estimate of drug-likeness (QED) is 0.758. The maximum absolute atomic E-state index is 10.1. The number of rotatable bonds is 6. The Morgan fingerprint density at radius 1 is 1.32 bits per heavy atom. The minimum absolute atomic E-state index is 0.258. The first-order chi connectivity index (χ1) is 9.20. The fourth-order valence-electron chi connectivity index (χ4n) is 3.55. The number of hydrogen-bond donors (Lipinski definition) is 2. The van der Waals surface area contributed by atoms with E-state index in [1.165, 1.54) is 19.3 Å². The molecule has 0 spiro atoms. The number of nitrogens with one attached hydrogen (secondary N) is 1. The van der Waals surface area contributed by atoms with Gasteiger partial charge in [-0.1, -0.05) is 20.3 Å². The van der Waals surface area contributed by atoms with Gasteiger partial charge in [-0.05, 0) is 24.7 Å². The molecule has 4 heteroatoms. The first-order valence-electron chi connectivity index (χ1n) is 7.92. The molecule has 2 fully saturated rings. The molecule has 4 nitrogen and oxygen atoms in total. The summed E-state index contributed by atoms with van der Waals surface area (Å²) in [5.41, 5.74) is 0. The predicted octanol–water partition coefficient (Wildman–Crippen LogP) is 1.09. The van der Waals surface area contributed by atoms with Crippen LogP contribution in [0.5, 0.6) is 0 Å². The van der Waals surface area contributed by atoms with Crippen LogP contribution in [-0.2, 0) is 4.74 Å². The second-order valence-electron chi connectivity index (χ2n) is 6.19. The van der Waals surface area contributed by atoms with Gasteiger partial charge in [-0.3, -0.25) is 4.90 Å². The molecule has 2 N–H and O–H groups in total. The molecule has 2 rings (SSSR count). The first-order valence-corrected chi connectivity index (χ1v) is 7.92. The lowest BCUT2D eigenvalue weighted by Gasteiger charge is -2.29. The van der Waals surface area contributed by atoms with E-state index < -0.39 is 0 Å². The van der Waals surface area contributed by atoms with Crippen LogP contribution in [0.15, 0.2) is 0 Å². The Morgan fingerprint density at radius 3 is 2.68 bits per heavy atom. The molecule has 1 heterocycles. The molecule has 0 bridgehead atoms. The molecule has 0 radical (unpaired) electrons. The lowest BCUT2D eigenvalue weighted by atomic mass is 9.93. The van der Waals surface area contributed by atoms with Gasteiger partial charge in [-0.25, -0.2) is 0 Å². The molecule has 0 aromatic carbocycles. The van der Waals surface area contributed by atoms with Crippen molar-refractivity contribution in [1.82, 2.24) is 10.2 Å². The molecule has 0 aromatic heterocycles. The van der Waals surface area contributed by atoms with Crippen molar-refractivity contribution < 1.29 is 9.84 Å². The zero-order valence-corrected chi connectivity index (χ0v) is 12.5. The third-order valence-corrected chi connectivity index (χ3v) is 4.94. The Balaban J connectivity index is 1.64. The Kier molecular flexibility index (Phi) is 6.07. The highest BCUT2D eigenvalue weighted by Crippen LogP contribution is 2.33. The monoisotopic (exact) mass is 270 g/mol. The molecule has 1 aliphatic heterocycles. The fourth-order valence-corrected chi connectivity index (χ4v) is 3.55. The van der Waals surface area contributed by atoms with Crippen molar-refractivity contribution in [2.24, 2.45) is 11.8 Å². The molecule has 112 valence electrons. The fraction of sp³-hybridized carbons (Fsp3) is 1.00. The molecule has 19 heavy (non-hydrogen) atoms. The van der Waals surface area contributed by atoms with Crippen molar-refractivity contribution in [3.63, 3.8) is 0 Å². The molecule has 1 saturated heterocycles. The van der Waals surface area contributed by atoms with E-state index in [4.69, 9.17) is 4.74 Å². The predicted molar refractivity (Wildman–Crippen MR) is 77.2 cm³/mol. The summed E-state index contributed by atoms with van der Waals surface area (Å²) in [6.45, 7) is 9.65. The molecule has 1 saturated carbocycles. The summed E-state index contributed by atoms with van der Waals surface area (Å²) in [7, 11) is 0. The maximum atomic E-state index is 10.1. The summed E-state index contributed by atoms with van der Waals surface area (Å²) in [5, 5.41) is 13.7. The molecule has 4 unspecified atom stereocenters. The van der Waals surface area contributed by atoms with Gasteiger partial charge in [0.1, 0.15) is 0 Å². The van der Waals surface area contributed by atoms with Crippen LogP contribution >= 0.6 is 0 Å². The van der Waals surface area contributed by atoms with Gasteiger partial charge in [-0.2, -0.15) is 0 Å². The Labute approximate surface area is 117 Å². The van der Waals surface area contributed by atoms with E-state index >= 15 is 0 Å². The molecular formula is C15H30N2O2. The van der Waals surface area contributed by atoms with Gasteiger partial charge in [0.15, 0.2) is 0 Å². The minimum atomic E-state index is -0.258. The summed E-state index contributed by atoms with van der Waals surface area (Å²) in [4.78, 5) is 2.29. The second-order valence-corrected chi connectivity index (χ2v) is 6.19. The van der Waals surface area contributed by atoms with E-state index in [1.807, 2.05) is 0 Å². The highest BCUT2D eigenvalue weighted by Gasteiger charge is 2.31. The minimum Gasteiger partial charge on any atom is -0.390 e. The van der Waals surface area contributed by atoms with Crippen molar-refractivity contribution in [2.75, 3.05) is 39.4 Å². The molecule has 2 aliphatic rings. The lowest BCUT2D eigenvalue weighted by Crippen LogP contribution is -2.45. The van der Waals surface area contributed by atoms with Crippen molar-refractivity contribution in [1.29, 1.82) is 0 Å². The zero-order valence-electron chi connectivity index (χ0n) is 12.5. The Morgan fingerprint density at radius 2 is 2.05 bits per heavy atom. The van der Waals surface area contributed by atoms with Crippen LogP contribution in [0.25, 0.3) is 0 Å². The third kappa shape index (κ3) is 4.42. The van der Waals surface area contributed by atoms with Crippen LogP contribution < -0.4 is 5.32 Å². The van der Waals surface area contributed by atoms with E-state index in [2.05, 4.69) is 24.1 Å². The summed E-state index contributed by atoms with van der Waals surface area (Å²) in [6, 6.07) is 0.601. The number of aliphatic hydroxyl groups excluding tert-OH is 1. The number of ether oxygens (including phenoxy) is 1. The van der Waals surface area contributed by atoms with Gasteiger partial charge >= 0.3 is 0 Å². The van der Waals surface area contributed by atoms with Gasteiger partial charge < -0.3 is 15.2 Å². The highest BCUT2D eigenvalue weighted by molar-refractivity contribution is 4.87. The van der Waals surface area contributed by atoms with Gasteiger partial charge in [0, 0.05) is 32.2 Å². The number of hydrogen-bond acceptors (Lipinski definition) is 4. The standard InChI is InChI=1S/C15H30N2O2/c1-3-13-4-5-15(12(13)2)16-10-14(18)11-17-6-8-19-9-7-17/h12-16,18H,3-11H2,1-2H3. The number of morpholine rings is 1. The van der Waals surface area contributed by atoms with Crippen LogP contribution in [0.2, 0.25) is 0 Å². The maximum Gasteiger partial charge on any atom is 0.0791 e. The van der Waals surface area contributed by atoms with Crippen LogP contribution in [0.3, 0.4) is 0 Å². The molecular weight excluding hydrogens is 240 g/mol. The average Bonchev–Trinajstić information content (AvgIpc) is 2.78. The number of nitrogens with zero attached hydrogens (tertiary/aromatic N) is 1. The zero-order chi connectivity index (χ0) is 13.7. The molecule has 0 aromatic rings. The van der Waals surface area contributed by atoms with Crippen molar-refractivity contribution >= 4 is 0 Å². The molecule has 1 aliphatic carbocycles. The highest BCUT2D eigenvalue weighted by atomic mass is 16.5. The van der Waals surface area contributed by atoms with Gasteiger partial charge in [0.2, 0.25) is 0 Å². The smallest absolute Gasteiger partial charge is 0.0791 e. The van der Waals surface area contributed by atoms with Crippen LogP contribution in [0, 0.1) is 11.8 Å². The normalized spacial score (nSPS) is 34.6. The van der Waals surface area contributed by atoms with E-state index in [0.717, 1.165) is 51.2 Å². The molecule has 4 atom stereocenters. The van der Waals surface area contributed by atoms with E-state index in [1.54, 1.807) is 0 Å². The topological polar surface area (TPSA) is 44.7 Å². The lowest BCUT2D eigenvalue weighted by molar-refractivity contribution is 0.0142. The summed E-state index contributed by atoms with van der Waals surface area (Å²) in [6.07, 6.45) is 3.64. The van der Waals surface area contributed by atoms with E-state index in [0.29, 0.717) is 6.04 Å². The van der Waals surface area contributed by atoms with Gasteiger partial charge in [-0.15, -0.1) is 0 Å². The Bertz CT molecular complexity index is 257. The summed E-state index contributed by atoms with van der Waals surface area (Å²) >= 11 is 0. The third-order valence-electron chi connectivity index (χ3n) is 4.94. The van der Waals surface area contributed by atoms with Crippen LogP contribution in [0.1, 0.15) is 33.1 Å². The SMILES string of the molecule is CCC1CCC(NCC(O)CN2CCOCC2)C1C. The average molecular weight is 270 g/mol. The first kappa shape index (κ1) is 15.2. The second kappa shape index (κ2) is 7.58. The molecule has 0 amide bonds. The Hall–Kier alpha value is -0.160. The van der Waals surface area contributed by atoms with E-state index in [-0.39, 0.29) is 6.10 Å². The number of aliphatic hydroxyl groups is 1. The van der Waals surface area contributed by atoms with Crippen molar-refractivity contribution in [2.45, 2.75) is 45.3 Å². The van der Waals surface area contributed by atoms with Crippen molar-refractivity contribution in [3.05, 3.63) is 0 Å². The van der Waals surface area contributed by atoms with Crippen LogP contribution in [-0.4, -0.2) is 61.5 Å². The summed E-state index contributed by atoms with van der Waals surface area (Å²) < 4.78 is 5.32.